The number of hydrogen-bond donors (Lipinski definition) is 1. The summed E-state index contributed by atoms with van der Waals surface area (Å²) in [7, 11) is 0. The van der Waals surface area contributed by atoms with E-state index in [4.69, 9.17) is 0 Å². The average molecular weight is 220 g/mol. The van der Waals surface area contributed by atoms with Gasteiger partial charge in [0.2, 0.25) is 0 Å². The highest BCUT2D eigenvalue weighted by Gasteiger charge is 2.27. The third-order valence-electron chi connectivity index (χ3n) is 3.30. The van der Waals surface area contributed by atoms with E-state index in [0.717, 1.165) is 24.6 Å². The lowest BCUT2D eigenvalue weighted by molar-refractivity contribution is 0.472. The van der Waals surface area contributed by atoms with Crippen molar-refractivity contribution in [2.75, 3.05) is 6.54 Å². The van der Waals surface area contributed by atoms with Gasteiger partial charge in [-0.05, 0) is 44.2 Å². The molecule has 0 saturated heterocycles. The molecule has 1 heterocycles. The van der Waals surface area contributed by atoms with Gasteiger partial charge in [0.1, 0.15) is 0 Å². The molecule has 0 amide bonds. The van der Waals surface area contributed by atoms with E-state index in [1.807, 2.05) is 19.2 Å². The summed E-state index contributed by atoms with van der Waals surface area (Å²) in [5.74, 6) is 0.870. The van der Waals surface area contributed by atoms with Crippen molar-refractivity contribution in [1.82, 2.24) is 9.88 Å². The largest absolute Gasteiger partial charge is 0.314 e. The van der Waals surface area contributed by atoms with Crippen LogP contribution in [-0.2, 0) is 6.54 Å². The first-order valence-corrected chi connectivity index (χ1v) is 6.07. The molecule has 1 atom stereocenters. The third-order valence-corrected chi connectivity index (χ3v) is 3.30. The predicted molar refractivity (Wildman–Crippen MR) is 65.6 cm³/mol. The summed E-state index contributed by atoms with van der Waals surface area (Å²) in [6.45, 7) is 5.81. The molecule has 0 radical (unpaired) electrons. The van der Waals surface area contributed by atoms with Crippen molar-refractivity contribution >= 4 is 0 Å². The fraction of sp³-hybridized carbons (Fsp3) is 0.615. The first kappa shape index (κ1) is 11.4. The Hall–Kier alpha value is -1.09. The molecule has 1 saturated carbocycles. The summed E-state index contributed by atoms with van der Waals surface area (Å²) in [4.78, 5) is 11.6. The number of hydrogen-bond acceptors (Lipinski definition) is 2. The Morgan fingerprint density at radius 3 is 2.94 bits per heavy atom. The standard InChI is InChI=1S/C13H20N2O/c1-10-5-7-15(13(16)9-10)8-6-14-11(2)12-3-4-12/h5,7,9,11-12,14H,3-4,6,8H2,1-2H3. The number of rotatable bonds is 5. The Morgan fingerprint density at radius 2 is 2.31 bits per heavy atom. The molecule has 0 spiro atoms. The van der Waals surface area contributed by atoms with Crippen molar-refractivity contribution < 1.29 is 0 Å². The van der Waals surface area contributed by atoms with Gasteiger partial charge < -0.3 is 9.88 Å². The van der Waals surface area contributed by atoms with Gasteiger partial charge in [0.15, 0.2) is 0 Å². The second kappa shape index (κ2) is 4.83. The molecule has 1 aliphatic rings. The summed E-state index contributed by atoms with van der Waals surface area (Å²) < 4.78 is 1.76. The second-order valence-electron chi connectivity index (χ2n) is 4.82. The number of aromatic nitrogens is 1. The Balaban J connectivity index is 1.82. The van der Waals surface area contributed by atoms with Gasteiger partial charge in [-0.15, -0.1) is 0 Å². The molecule has 3 nitrogen and oxygen atoms in total. The maximum absolute atomic E-state index is 11.6. The lowest BCUT2D eigenvalue weighted by Gasteiger charge is -2.13. The van der Waals surface area contributed by atoms with E-state index in [1.54, 1.807) is 10.6 Å². The van der Waals surface area contributed by atoms with E-state index in [0.29, 0.717) is 6.04 Å². The topological polar surface area (TPSA) is 34.0 Å². The maximum atomic E-state index is 11.6. The van der Waals surface area contributed by atoms with Gasteiger partial charge in [0, 0.05) is 31.4 Å². The average Bonchev–Trinajstić information content (AvgIpc) is 3.04. The van der Waals surface area contributed by atoms with Crippen LogP contribution in [0.15, 0.2) is 23.1 Å². The van der Waals surface area contributed by atoms with E-state index in [2.05, 4.69) is 12.2 Å². The van der Waals surface area contributed by atoms with Gasteiger partial charge in [-0.3, -0.25) is 4.79 Å². The SMILES string of the molecule is Cc1ccn(CCNC(C)C2CC2)c(=O)c1. The van der Waals surface area contributed by atoms with Gasteiger partial charge in [0.25, 0.3) is 5.56 Å². The van der Waals surface area contributed by atoms with Crippen LogP contribution in [0.1, 0.15) is 25.3 Å². The van der Waals surface area contributed by atoms with Crippen LogP contribution in [0, 0.1) is 12.8 Å². The minimum absolute atomic E-state index is 0.0980. The number of aryl methyl sites for hydroxylation is 1. The molecule has 16 heavy (non-hydrogen) atoms. The van der Waals surface area contributed by atoms with E-state index < -0.39 is 0 Å². The summed E-state index contributed by atoms with van der Waals surface area (Å²) in [5.41, 5.74) is 1.13. The summed E-state index contributed by atoms with van der Waals surface area (Å²) >= 11 is 0. The van der Waals surface area contributed by atoms with Gasteiger partial charge in [-0.2, -0.15) is 0 Å². The van der Waals surface area contributed by atoms with Gasteiger partial charge in [-0.25, -0.2) is 0 Å². The van der Waals surface area contributed by atoms with Crippen molar-refractivity contribution in [3.8, 4) is 0 Å². The van der Waals surface area contributed by atoms with Crippen LogP contribution in [0.2, 0.25) is 0 Å². The van der Waals surface area contributed by atoms with Gasteiger partial charge in [-0.1, -0.05) is 0 Å². The molecule has 88 valence electrons. The lowest BCUT2D eigenvalue weighted by Crippen LogP contribution is -2.33. The van der Waals surface area contributed by atoms with Gasteiger partial charge >= 0.3 is 0 Å². The highest BCUT2D eigenvalue weighted by Crippen LogP contribution is 2.32. The molecule has 1 N–H and O–H groups in total. The molecule has 1 unspecified atom stereocenters. The highest BCUT2D eigenvalue weighted by molar-refractivity contribution is 5.07. The minimum Gasteiger partial charge on any atom is -0.314 e. The molecule has 0 aliphatic heterocycles. The smallest absolute Gasteiger partial charge is 0.250 e. The van der Waals surface area contributed by atoms with Crippen molar-refractivity contribution in [1.29, 1.82) is 0 Å². The number of pyridine rings is 1. The van der Waals surface area contributed by atoms with Crippen LogP contribution in [0.25, 0.3) is 0 Å². The normalized spacial score (nSPS) is 17.4. The molecule has 1 aromatic heterocycles. The Morgan fingerprint density at radius 1 is 1.56 bits per heavy atom. The van der Waals surface area contributed by atoms with E-state index in [1.165, 1.54) is 12.8 Å². The fourth-order valence-electron chi connectivity index (χ4n) is 1.97. The second-order valence-corrected chi connectivity index (χ2v) is 4.82. The molecule has 1 fully saturated rings. The molecule has 2 rings (SSSR count). The third kappa shape index (κ3) is 2.95. The minimum atomic E-state index is 0.0980. The Bertz CT molecular complexity index is 407. The van der Waals surface area contributed by atoms with Crippen LogP contribution in [0.5, 0.6) is 0 Å². The van der Waals surface area contributed by atoms with Crippen molar-refractivity contribution in [2.45, 2.75) is 39.3 Å². The van der Waals surface area contributed by atoms with Crippen LogP contribution in [0.4, 0.5) is 0 Å². The first-order chi connectivity index (χ1) is 7.66. The van der Waals surface area contributed by atoms with Crippen molar-refractivity contribution in [2.24, 2.45) is 5.92 Å². The Kier molecular flexibility index (Phi) is 3.44. The van der Waals surface area contributed by atoms with Crippen LogP contribution in [-0.4, -0.2) is 17.2 Å². The van der Waals surface area contributed by atoms with Gasteiger partial charge in [0.05, 0.1) is 0 Å². The predicted octanol–water partition coefficient (Wildman–Crippen LogP) is 1.54. The summed E-state index contributed by atoms with van der Waals surface area (Å²) in [6.07, 6.45) is 4.60. The first-order valence-electron chi connectivity index (χ1n) is 6.07. The maximum Gasteiger partial charge on any atom is 0.250 e. The molecule has 1 aromatic rings. The molecular formula is C13H20N2O. The summed E-state index contributed by atoms with van der Waals surface area (Å²) in [6, 6.07) is 4.26. The lowest BCUT2D eigenvalue weighted by atomic mass is 10.2. The fourth-order valence-corrected chi connectivity index (χ4v) is 1.97. The zero-order valence-corrected chi connectivity index (χ0v) is 10.1. The number of nitrogens with zero attached hydrogens (tertiary/aromatic N) is 1. The van der Waals surface area contributed by atoms with Crippen molar-refractivity contribution in [3.05, 3.63) is 34.2 Å². The summed E-state index contributed by atoms with van der Waals surface area (Å²) in [5, 5.41) is 3.48. The molecule has 0 aromatic carbocycles. The van der Waals surface area contributed by atoms with Crippen molar-refractivity contribution in [3.63, 3.8) is 0 Å². The molecule has 0 bridgehead atoms. The molecule has 1 aliphatic carbocycles. The highest BCUT2D eigenvalue weighted by atomic mass is 16.1. The number of nitrogens with one attached hydrogen (secondary N) is 1. The van der Waals surface area contributed by atoms with E-state index in [9.17, 15) is 4.79 Å². The Labute approximate surface area is 96.5 Å². The molecule has 3 heteroatoms. The van der Waals surface area contributed by atoms with Crippen LogP contribution in [0.3, 0.4) is 0 Å². The quantitative estimate of drug-likeness (QED) is 0.817. The van der Waals surface area contributed by atoms with E-state index in [-0.39, 0.29) is 5.56 Å². The molecular weight excluding hydrogens is 200 g/mol. The zero-order valence-electron chi connectivity index (χ0n) is 10.1. The van der Waals surface area contributed by atoms with Crippen LogP contribution < -0.4 is 10.9 Å². The van der Waals surface area contributed by atoms with Crippen LogP contribution >= 0.6 is 0 Å². The van der Waals surface area contributed by atoms with E-state index >= 15 is 0 Å². The monoisotopic (exact) mass is 220 g/mol. The zero-order chi connectivity index (χ0) is 11.5.